The van der Waals surface area contributed by atoms with Crippen molar-refractivity contribution in [3.8, 4) is 0 Å². The van der Waals surface area contributed by atoms with Crippen molar-refractivity contribution in [1.29, 1.82) is 0 Å². The van der Waals surface area contributed by atoms with Crippen molar-refractivity contribution in [2.24, 2.45) is 0 Å². The number of halogens is 3. The van der Waals surface area contributed by atoms with Gasteiger partial charge in [0.1, 0.15) is 0 Å². The molecule has 2 aromatic rings. The molecular weight excluding hydrogens is 349 g/mol. The molecule has 2 rings (SSSR count). The van der Waals surface area contributed by atoms with Gasteiger partial charge in [-0.3, -0.25) is 14.6 Å². The summed E-state index contributed by atoms with van der Waals surface area (Å²) in [5, 5.41) is 0. The molecule has 0 atom stereocenters. The number of benzene rings is 1. The Morgan fingerprint density at radius 1 is 1.19 bits per heavy atom. The zero-order valence-corrected chi connectivity index (χ0v) is 14.0. The van der Waals surface area contributed by atoms with E-state index in [2.05, 4.69) is 4.98 Å². The molecule has 0 radical (unpaired) electrons. The molecule has 0 aliphatic carbocycles. The number of rotatable bonds is 7. The quantitative estimate of drug-likeness (QED) is 0.558. The van der Waals surface area contributed by atoms with Gasteiger partial charge in [-0.15, -0.1) is 0 Å². The van der Waals surface area contributed by atoms with Crippen LogP contribution in [0.15, 0.2) is 36.7 Å². The number of amides is 1. The molecule has 0 aliphatic heterocycles. The Bertz CT molecular complexity index is 762. The summed E-state index contributed by atoms with van der Waals surface area (Å²) in [6, 6.07) is 4.63. The number of carbonyl (C=O) groups is 2. The van der Waals surface area contributed by atoms with Crippen LogP contribution in [0.2, 0.25) is 0 Å². The first kappa shape index (κ1) is 19.4. The van der Waals surface area contributed by atoms with Crippen molar-refractivity contribution in [1.82, 2.24) is 9.88 Å². The Kier molecular flexibility index (Phi) is 6.71. The summed E-state index contributed by atoms with van der Waals surface area (Å²) in [4.78, 5) is 29.4. The molecule has 138 valence electrons. The van der Waals surface area contributed by atoms with E-state index in [1.807, 2.05) is 0 Å². The summed E-state index contributed by atoms with van der Waals surface area (Å²) in [6.07, 6.45) is 2.99. The van der Waals surface area contributed by atoms with Gasteiger partial charge in [-0.05, 0) is 30.7 Å². The molecule has 0 aliphatic rings. The summed E-state index contributed by atoms with van der Waals surface area (Å²) in [7, 11) is 0. The highest BCUT2D eigenvalue weighted by Crippen LogP contribution is 2.17. The van der Waals surface area contributed by atoms with Gasteiger partial charge in [0, 0.05) is 31.0 Å². The predicted octanol–water partition coefficient (Wildman–Crippen LogP) is 3.09. The van der Waals surface area contributed by atoms with Crippen molar-refractivity contribution in [3.05, 3.63) is 65.2 Å². The van der Waals surface area contributed by atoms with Crippen LogP contribution in [-0.2, 0) is 16.1 Å². The maximum Gasteiger partial charge on any atom is 0.307 e. The molecule has 1 amide bonds. The van der Waals surface area contributed by atoms with E-state index in [4.69, 9.17) is 4.74 Å². The van der Waals surface area contributed by atoms with Crippen molar-refractivity contribution >= 4 is 11.9 Å². The number of esters is 1. The molecule has 5 nitrogen and oxygen atoms in total. The van der Waals surface area contributed by atoms with Gasteiger partial charge in [-0.2, -0.15) is 0 Å². The lowest BCUT2D eigenvalue weighted by molar-refractivity contribution is -0.143. The number of hydrogen-bond acceptors (Lipinski definition) is 4. The second-order valence-corrected chi connectivity index (χ2v) is 5.40. The minimum Gasteiger partial charge on any atom is -0.466 e. The molecule has 0 bridgehead atoms. The maximum absolute atomic E-state index is 13.4. The highest BCUT2D eigenvalue weighted by Gasteiger charge is 2.21. The van der Waals surface area contributed by atoms with Crippen LogP contribution in [0.5, 0.6) is 0 Å². The lowest BCUT2D eigenvalue weighted by atomic mass is 10.1. The van der Waals surface area contributed by atoms with Gasteiger partial charge in [0.25, 0.3) is 5.91 Å². The first-order valence-corrected chi connectivity index (χ1v) is 7.90. The summed E-state index contributed by atoms with van der Waals surface area (Å²) in [6.45, 7) is 1.88. The fraction of sp³-hybridized carbons (Fsp3) is 0.278. The van der Waals surface area contributed by atoms with Gasteiger partial charge in [0.05, 0.1) is 13.0 Å². The van der Waals surface area contributed by atoms with Crippen LogP contribution in [0.25, 0.3) is 0 Å². The number of hydrogen-bond donors (Lipinski definition) is 0. The molecule has 0 N–H and O–H groups in total. The van der Waals surface area contributed by atoms with Crippen molar-refractivity contribution in [2.45, 2.75) is 19.9 Å². The van der Waals surface area contributed by atoms with E-state index in [1.165, 1.54) is 11.1 Å². The molecule has 1 aromatic heterocycles. The molecular formula is C18H17F3N2O3. The van der Waals surface area contributed by atoms with Gasteiger partial charge < -0.3 is 9.64 Å². The molecule has 0 saturated carbocycles. The van der Waals surface area contributed by atoms with Crippen molar-refractivity contribution in [2.75, 3.05) is 13.2 Å². The Morgan fingerprint density at radius 3 is 2.46 bits per heavy atom. The van der Waals surface area contributed by atoms with Crippen molar-refractivity contribution < 1.29 is 27.5 Å². The summed E-state index contributed by atoms with van der Waals surface area (Å²) >= 11 is 0. The predicted molar refractivity (Wildman–Crippen MR) is 86.5 cm³/mol. The number of carbonyl (C=O) groups excluding carboxylic acids is 2. The average Bonchev–Trinajstić information content (AvgIpc) is 2.63. The SMILES string of the molecule is CCOC(=O)CCN(Cc1cccnc1)C(=O)c1cc(F)c(F)c(F)c1. The van der Waals surface area contributed by atoms with Crippen molar-refractivity contribution in [3.63, 3.8) is 0 Å². The highest BCUT2D eigenvalue weighted by molar-refractivity contribution is 5.94. The van der Waals surface area contributed by atoms with Crippen LogP contribution in [0.3, 0.4) is 0 Å². The van der Waals surface area contributed by atoms with Crippen LogP contribution in [0.1, 0.15) is 29.3 Å². The summed E-state index contributed by atoms with van der Waals surface area (Å²) in [5.74, 6) is -5.81. The number of pyridine rings is 1. The summed E-state index contributed by atoms with van der Waals surface area (Å²) in [5.41, 5.74) is 0.307. The van der Waals surface area contributed by atoms with E-state index >= 15 is 0 Å². The van der Waals surface area contributed by atoms with Gasteiger partial charge in [-0.1, -0.05) is 6.07 Å². The van der Waals surface area contributed by atoms with Crippen LogP contribution in [-0.4, -0.2) is 34.9 Å². The van der Waals surface area contributed by atoms with E-state index in [-0.39, 0.29) is 31.7 Å². The van der Waals surface area contributed by atoms with Crippen LogP contribution >= 0.6 is 0 Å². The highest BCUT2D eigenvalue weighted by atomic mass is 19.2. The third-order valence-corrected chi connectivity index (χ3v) is 3.51. The minimum atomic E-state index is -1.65. The van der Waals surface area contributed by atoms with E-state index in [9.17, 15) is 22.8 Å². The van der Waals surface area contributed by atoms with Crippen LogP contribution in [0.4, 0.5) is 13.2 Å². The fourth-order valence-electron chi connectivity index (χ4n) is 2.29. The molecule has 0 saturated heterocycles. The monoisotopic (exact) mass is 366 g/mol. The van der Waals surface area contributed by atoms with E-state index < -0.39 is 29.3 Å². The lowest BCUT2D eigenvalue weighted by Gasteiger charge is -2.22. The van der Waals surface area contributed by atoms with Crippen LogP contribution in [0, 0.1) is 17.5 Å². The lowest BCUT2D eigenvalue weighted by Crippen LogP contribution is -2.33. The van der Waals surface area contributed by atoms with E-state index in [0.29, 0.717) is 17.7 Å². The number of nitrogens with zero attached hydrogens (tertiary/aromatic N) is 2. The molecule has 0 spiro atoms. The van der Waals surface area contributed by atoms with Gasteiger partial charge >= 0.3 is 5.97 Å². The molecule has 26 heavy (non-hydrogen) atoms. The standard InChI is InChI=1S/C18H17F3N2O3/c1-2-26-16(24)5-7-23(11-12-4-3-6-22-10-12)18(25)13-8-14(19)17(21)15(20)9-13/h3-4,6,8-10H,2,5,7,11H2,1H3. The Hall–Kier alpha value is -2.90. The first-order chi connectivity index (χ1) is 12.4. The average molecular weight is 366 g/mol. The third-order valence-electron chi connectivity index (χ3n) is 3.51. The molecule has 0 unspecified atom stereocenters. The smallest absolute Gasteiger partial charge is 0.307 e. The fourth-order valence-corrected chi connectivity index (χ4v) is 2.29. The maximum atomic E-state index is 13.4. The van der Waals surface area contributed by atoms with Crippen LogP contribution < -0.4 is 0 Å². The summed E-state index contributed by atoms with van der Waals surface area (Å²) < 4.78 is 44.8. The van der Waals surface area contributed by atoms with Gasteiger partial charge in [-0.25, -0.2) is 13.2 Å². The molecule has 1 heterocycles. The third kappa shape index (κ3) is 5.05. The molecule has 0 fully saturated rings. The van der Waals surface area contributed by atoms with E-state index in [0.717, 1.165) is 0 Å². The second-order valence-electron chi connectivity index (χ2n) is 5.40. The Morgan fingerprint density at radius 2 is 1.88 bits per heavy atom. The Labute approximate surface area is 148 Å². The zero-order chi connectivity index (χ0) is 19.1. The topological polar surface area (TPSA) is 59.5 Å². The van der Waals surface area contributed by atoms with E-state index in [1.54, 1.807) is 25.3 Å². The largest absolute Gasteiger partial charge is 0.466 e. The van der Waals surface area contributed by atoms with Gasteiger partial charge in [0.15, 0.2) is 17.5 Å². The van der Waals surface area contributed by atoms with Gasteiger partial charge in [0.2, 0.25) is 0 Å². The zero-order valence-electron chi connectivity index (χ0n) is 14.0. The molecule has 8 heteroatoms. The minimum absolute atomic E-state index is 0.0345. The first-order valence-electron chi connectivity index (χ1n) is 7.90. The number of ether oxygens (including phenoxy) is 1. The normalized spacial score (nSPS) is 10.5. The number of aromatic nitrogens is 1. The Balaban J connectivity index is 2.23. The second kappa shape index (κ2) is 8.98. The molecule has 1 aromatic carbocycles.